The highest BCUT2D eigenvalue weighted by Gasteiger charge is 2.01. The summed E-state index contributed by atoms with van der Waals surface area (Å²) in [6.07, 6.45) is 0.805. The van der Waals surface area contributed by atoms with Crippen LogP contribution >= 0.6 is 15.9 Å². The number of alkyl halides is 1. The van der Waals surface area contributed by atoms with Crippen molar-refractivity contribution in [3.05, 3.63) is 0 Å². The molecule has 1 atom stereocenters. The van der Waals surface area contributed by atoms with Gasteiger partial charge in [-0.05, 0) is 22.4 Å². The van der Waals surface area contributed by atoms with Gasteiger partial charge in [-0.25, -0.2) is 0 Å². The van der Waals surface area contributed by atoms with Crippen molar-refractivity contribution >= 4 is 21.9 Å². The lowest BCUT2D eigenvalue weighted by Crippen LogP contribution is -2.06. The van der Waals surface area contributed by atoms with Crippen LogP contribution in [0.3, 0.4) is 0 Å². The largest absolute Gasteiger partial charge is 0.451 e. The Morgan fingerprint density at radius 2 is 2.38 bits per heavy atom. The summed E-state index contributed by atoms with van der Waals surface area (Å²) in [6, 6.07) is 0. The highest BCUT2D eigenvalue weighted by molar-refractivity contribution is 9.09. The molecule has 0 fully saturated rings. The van der Waals surface area contributed by atoms with Gasteiger partial charge < -0.3 is 4.74 Å². The third-order valence-corrected chi connectivity index (χ3v) is 1.45. The standard InChI is InChI=1S/C5H9BrO2/c1-3-5(6)8-4(2)7/h5H,3H2,1-2H3. The first-order chi connectivity index (χ1) is 3.66. The van der Waals surface area contributed by atoms with E-state index in [1.165, 1.54) is 6.92 Å². The first-order valence-electron chi connectivity index (χ1n) is 2.48. The molecule has 0 aliphatic heterocycles. The lowest BCUT2D eigenvalue weighted by atomic mass is 10.5. The van der Waals surface area contributed by atoms with Crippen molar-refractivity contribution < 1.29 is 9.53 Å². The fourth-order valence-electron chi connectivity index (χ4n) is 0.263. The second-order valence-electron chi connectivity index (χ2n) is 1.43. The Morgan fingerprint density at radius 1 is 1.88 bits per heavy atom. The van der Waals surface area contributed by atoms with Gasteiger partial charge in [0.2, 0.25) is 0 Å². The first kappa shape index (κ1) is 7.95. The van der Waals surface area contributed by atoms with E-state index in [2.05, 4.69) is 20.7 Å². The van der Waals surface area contributed by atoms with E-state index >= 15 is 0 Å². The number of hydrogen-bond acceptors (Lipinski definition) is 2. The van der Waals surface area contributed by atoms with Crippen LogP contribution in [0.1, 0.15) is 20.3 Å². The lowest BCUT2D eigenvalue weighted by molar-refractivity contribution is -0.142. The molecule has 0 N–H and O–H groups in total. The van der Waals surface area contributed by atoms with Crippen LogP contribution in [0.15, 0.2) is 0 Å². The van der Waals surface area contributed by atoms with Crippen LogP contribution in [0.5, 0.6) is 0 Å². The summed E-state index contributed by atoms with van der Waals surface area (Å²) in [7, 11) is 0. The van der Waals surface area contributed by atoms with Crippen LogP contribution < -0.4 is 0 Å². The van der Waals surface area contributed by atoms with Crippen LogP contribution in [0.4, 0.5) is 0 Å². The van der Waals surface area contributed by atoms with Gasteiger partial charge in [0, 0.05) is 6.92 Å². The van der Waals surface area contributed by atoms with Crippen molar-refractivity contribution in [1.82, 2.24) is 0 Å². The minimum atomic E-state index is -0.242. The van der Waals surface area contributed by atoms with Crippen LogP contribution in [0.2, 0.25) is 0 Å². The molecule has 0 saturated carbocycles. The van der Waals surface area contributed by atoms with E-state index in [4.69, 9.17) is 0 Å². The number of hydrogen-bond donors (Lipinski definition) is 0. The predicted molar refractivity (Wildman–Crippen MR) is 34.8 cm³/mol. The van der Waals surface area contributed by atoms with E-state index in [1.54, 1.807) is 0 Å². The van der Waals surface area contributed by atoms with Crippen molar-refractivity contribution in [1.29, 1.82) is 0 Å². The molecule has 48 valence electrons. The zero-order valence-electron chi connectivity index (χ0n) is 4.98. The summed E-state index contributed by atoms with van der Waals surface area (Å²) < 4.78 is 4.68. The zero-order chi connectivity index (χ0) is 6.57. The molecule has 0 saturated heterocycles. The van der Waals surface area contributed by atoms with E-state index in [0.29, 0.717) is 0 Å². The summed E-state index contributed by atoms with van der Waals surface area (Å²) in [5.74, 6) is -0.242. The SMILES string of the molecule is CCC(Br)OC(C)=O. The molecule has 0 aliphatic carbocycles. The van der Waals surface area contributed by atoms with Crippen molar-refractivity contribution in [3.63, 3.8) is 0 Å². The van der Waals surface area contributed by atoms with Crippen molar-refractivity contribution in [2.45, 2.75) is 25.3 Å². The highest BCUT2D eigenvalue weighted by atomic mass is 79.9. The van der Waals surface area contributed by atoms with Crippen LogP contribution in [-0.4, -0.2) is 11.0 Å². The topological polar surface area (TPSA) is 26.3 Å². The number of rotatable bonds is 2. The molecule has 0 aromatic heterocycles. The Balaban J connectivity index is 3.24. The molecule has 0 aliphatic rings. The first-order valence-corrected chi connectivity index (χ1v) is 3.39. The summed E-state index contributed by atoms with van der Waals surface area (Å²) in [5.41, 5.74) is 0. The summed E-state index contributed by atoms with van der Waals surface area (Å²) in [4.78, 5) is 10.2. The Bertz CT molecular complexity index is 82.5. The van der Waals surface area contributed by atoms with Crippen molar-refractivity contribution in [2.75, 3.05) is 0 Å². The molecule has 1 unspecified atom stereocenters. The molecule has 0 aromatic rings. The maximum atomic E-state index is 10.2. The molecule has 0 spiro atoms. The molecule has 2 nitrogen and oxygen atoms in total. The molecule has 0 heterocycles. The summed E-state index contributed by atoms with van der Waals surface area (Å²) in [5, 5.41) is -0.111. The number of carbonyl (C=O) groups is 1. The summed E-state index contributed by atoms with van der Waals surface area (Å²) >= 11 is 3.13. The van der Waals surface area contributed by atoms with Gasteiger partial charge in [-0.2, -0.15) is 0 Å². The van der Waals surface area contributed by atoms with Gasteiger partial charge in [-0.15, -0.1) is 0 Å². The van der Waals surface area contributed by atoms with Crippen LogP contribution in [0, 0.1) is 0 Å². The van der Waals surface area contributed by atoms with Gasteiger partial charge in [-0.3, -0.25) is 4.79 Å². The molecule has 0 rings (SSSR count). The van der Waals surface area contributed by atoms with Gasteiger partial charge in [0.25, 0.3) is 0 Å². The number of halogens is 1. The number of ether oxygens (including phenoxy) is 1. The van der Waals surface area contributed by atoms with E-state index in [0.717, 1.165) is 6.42 Å². The maximum Gasteiger partial charge on any atom is 0.303 e. The van der Waals surface area contributed by atoms with Gasteiger partial charge in [0.15, 0.2) is 5.01 Å². The Morgan fingerprint density at radius 3 is 2.50 bits per heavy atom. The molecule has 0 radical (unpaired) electrons. The minimum Gasteiger partial charge on any atom is -0.451 e. The highest BCUT2D eigenvalue weighted by Crippen LogP contribution is 2.04. The fourth-order valence-corrected chi connectivity index (χ4v) is 0.527. The number of carbonyl (C=O) groups excluding carboxylic acids is 1. The molecular formula is C5H9BrO2. The van der Waals surface area contributed by atoms with E-state index in [-0.39, 0.29) is 11.0 Å². The molecule has 0 aromatic carbocycles. The van der Waals surface area contributed by atoms with Gasteiger partial charge in [0.1, 0.15) is 0 Å². The van der Waals surface area contributed by atoms with Crippen molar-refractivity contribution in [2.24, 2.45) is 0 Å². The fraction of sp³-hybridized carbons (Fsp3) is 0.800. The van der Waals surface area contributed by atoms with Gasteiger partial charge >= 0.3 is 5.97 Å². The van der Waals surface area contributed by atoms with Gasteiger partial charge in [0.05, 0.1) is 0 Å². The molecular weight excluding hydrogens is 172 g/mol. The van der Waals surface area contributed by atoms with Crippen molar-refractivity contribution in [3.8, 4) is 0 Å². The molecule has 0 amide bonds. The minimum absolute atomic E-state index is 0.111. The molecule has 3 heteroatoms. The molecule has 8 heavy (non-hydrogen) atoms. The second-order valence-corrected chi connectivity index (χ2v) is 2.45. The second kappa shape index (κ2) is 3.89. The van der Waals surface area contributed by atoms with Crippen LogP contribution in [0.25, 0.3) is 0 Å². The Kier molecular flexibility index (Phi) is 3.87. The monoisotopic (exact) mass is 180 g/mol. The average molecular weight is 181 g/mol. The summed E-state index contributed by atoms with van der Waals surface area (Å²) in [6.45, 7) is 3.33. The maximum absolute atomic E-state index is 10.2. The smallest absolute Gasteiger partial charge is 0.303 e. The Labute approximate surface area is 57.3 Å². The average Bonchev–Trinajstić information content (AvgIpc) is 1.65. The van der Waals surface area contributed by atoms with Crippen LogP contribution in [-0.2, 0) is 9.53 Å². The lowest BCUT2D eigenvalue weighted by Gasteiger charge is -2.04. The molecule has 0 bridgehead atoms. The number of esters is 1. The van der Waals surface area contributed by atoms with E-state index in [9.17, 15) is 4.79 Å². The van der Waals surface area contributed by atoms with Gasteiger partial charge in [-0.1, -0.05) is 6.92 Å². The normalized spacial score (nSPS) is 12.9. The predicted octanol–water partition coefficient (Wildman–Crippen LogP) is 1.68. The zero-order valence-corrected chi connectivity index (χ0v) is 6.56. The Hall–Kier alpha value is -0.0500. The quantitative estimate of drug-likeness (QED) is 0.478. The third-order valence-electron chi connectivity index (χ3n) is 0.615. The third kappa shape index (κ3) is 4.12. The van der Waals surface area contributed by atoms with E-state index in [1.807, 2.05) is 6.92 Å². The van der Waals surface area contributed by atoms with E-state index < -0.39 is 0 Å².